The van der Waals surface area contributed by atoms with Gasteiger partial charge in [-0.05, 0) is 38.1 Å². The summed E-state index contributed by atoms with van der Waals surface area (Å²) in [5.41, 5.74) is 2.48. The van der Waals surface area contributed by atoms with Crippen LogP contribution in [0.15, 0.2) is 24.3 Å². The number of hydrogen-bond donors (Lipinski definition) is 2. The fourth-order valence-electron chi connectivity index (χ4n) is 5.31. The molecule has 0 radical (unpaired) electrons. The summed E-state index contributed by atoms with van der Waals surface area (Å²) in [6, 6.07) is 8.51. The molecule has 0 aliphatic carbocycles. The average Bonchev–Trinajstić information content (AvgIpc) is 3.38. The summed E-state index contributed by atoms with van der Waals surface area (Å²) in [7, 11) is 3.88. The maximum Gasteiger partial charge on any atom is 0.290 e. The molecule has 11 heteroatoms. The van der Waals surface area contributed by atoms with Gasteiger partial charge in [-0.25, -0.2) is 0 Å². The van der Waals surface area contributed by atoms with E-state index in [0.29, 0.717) is 51.2 Å². The third kappa shape index (κ3) is 7.74. The predicted molar refractivity (Wildman–Crippen MR) is 132 cm³/mol. The second-order valence-corrected chi connectivity index (χ2v) is 9.41. The van der Waals surface area contributed by atoms with Crippen molar-refractivity contribution in [3.63, 3.8) is 0 Å². The molecule has 0 spiro atoms. The molecule has 4 rings (SSSR count). The first-order valence-electron chi connectivity index (χ1n) is 12.0. The van der Waals surface area contributed by atoms with Crippen LogP contribution >= 0.6 is 0 Å². The lowest BCUT2D eigenvalue weighted by atomic mass is 9.87. The number of likely N-dealkylation sites (tertiary alicyclic amines) is 2. The number of carbonyl (C=O) groups is 4. The fourth-order valence-corrected chi connectivity index (χ4v) is 5.31. The van der Waals surface area contributed by atoms with E-state index in [2.05, 4.69) is 41.0 Å². The van der Waals surface area contributed by atoms with E-state index in [0.717, 1.165) is 19.6 Å². The Morgan fingerprint density at radius 1 is 1.03 bits per heavy atom. The van der Waals surface area contributed by atoms with Gasteiger partial charge in [-0.1, -0.05) is 24.3 Å². The minimum atomic E-state index is -0.250. The van der Waals surface area contributed by atoms with Crippen LogP contribution in [0.25, 0.3) is 0 Å². The number of carbonyl (C=O) groups excluding carboxylic acids is 2. The predicted octanol–water partition coefficient (Wildman–Crippen LogP) is 0.248. The van der Waals surface area contributed by atoms with Crippen LogP contribution in [-0.2, 0) is 23.9 Å². The van der Waals surface area contributed by atoms with Gasteiger partial charge in [0.1, 0.15) is 0 Å². The monoisotopic (exact) mass is 506 g/mol. The number of rotatable bonds is 5. The highest BCUT2D eigenvalue weighted by Crippen LogP contribution is 2.45. The van der Waals surface area contributed by atoms with Crippen LogP contribution in [0.2, 0.25) is 0 Å². The second kappa shape index (κ2) is 14.5. The van der Waals surface area contributed by atoms with Gasteiger partial charge in [0, 0.05) is 38.6 Å². The Kier molecular flexibility index (Phi) is 11.8. The Labute approximate surface area is 212 Å². The zero-order valence-electron chi connectivity index (χ0n) is 21.3. The van der Waals surface area contributed by atoms with Crippen molar-refractivity contribution in [3.05, 3.63) is 35.4 Å². The number of hydrogen-bond acceptors (Lipinski definition) is 7. The largest absolute Gasteiger partial charge is 0.483 e. The van der Waals surface area contributed by atoms with Crippen LogP contribution in [0.1, 0.15) is 17.2 Å². The van der Waals surface area contributed by atoms with Crippen LogP contribution in [-0.4, -0.2) is 128 Å². The number of aryl methyl sites for hydroxylation is 1. The van der Waals surface area contributed by atoms with Gasteiger partial charge in [-0.3, -0.25) is 24.1 Å². The molecule has 0 saturated carbocycles. The van der Waals surface area contributed by atoms with Gasteiger partial charge in [0.2, 0.25) is 11.8 Å². The lowest BCUT2D eigenvalue weighted by Gasteiger charge is -2.32. The molecule has 2 amide bonds. The maximum absolute atomic E-state index is 13.0. The van der Waals surface area contributed by atoms with Crippen molar-refractivity contribution >= 4 is 24.8 Å². The Bertz CT molecular complexity index is 870. The van der Waals surface area contributed by atoms with Crippen LogP contribution in [0, 0.1) is 18.8 Å². The molecule has 3 heterocycles. The summed E-state index contributed by atoms with van der Waals surface area (Å²) in [6.07, 6.45) is 0. The van der Waals surface area contributed by atoms with E-state index in [1.165, 1.54) is 11.1 Å². The normalized spacial score (nSPS) is 23.2. The van der Waals surface area contributed by atoms with Crippen molar-refractivity contribution in [2.45, 2.75) is 13.0 Å². The molecule has 0 aromatic heterocycles. The van der Waals surface area contributed by atoms with E-state index in [-0.39, 0.29) is 30.8 Å². The minimum Gasteiger partial charge on any atom is -0.483 e. The lowest BCUT2D eigenvalue weighted by molar-refractivity contribution is -0.137. The summed E-state index contributed by atoms with van der Waals surface area (Å²) in [5.74, 6) is 1.18. The highest BCUT2D eigenvalue weighted by molar-refractivity contribution is 5.80. The van der Waals surface area contributed by atoms with Crippen molar-refractivity contribution in [1.29, 1.82) is 0 Å². The van der Waals surface area contributed by atoms with Crippen molar-refractivity contribution in [2.24, 2.45) is 11.8 Å². The molecule has 200 valence electrons. The zero-order chi connectivity index (χ0) is 26.7. The van der Waals surface area contributed by atoms with Crippen molar-refractivity contribution in [1.82, 2.24) is 19.6 Å². The Balaban J connectivity index is 0.000000693. The fraction of sp³-hybridized carbons (Fsp3) is 0.600. The number of morpholine rings is 1. The molecule has 11 nitrogen and oxygen atoms in total. The molecule has 3 fully saturated rings. The highest BCUT2D eigenvalue weighted by Gasteiger charge is 2.49. The maximum atomic E-state index is 13.0. The lowest BCUT2D eigenvalue weighted by Crippen LogP contribution is -2.46. The molecule has 1 aromatic rings. The van der Waals surface area contributed by atoms with Crippen LogP contribution in [0.3, 0.4) is 0 Å². The number of carboxylic acid groups (broad SMARTS) is 2. The number of ether oxygens (including phenoxy) is 1. The Morgan fingerprint density at radius 2 is 1.64 bits per heavy atom. The second-order valence-electron chi connectivity index (χ2n) is 9.41. The summed E-state index contributed by atoms with van der Waals surface area (Å²) in [5, 5.41) is 13.8. The van der Waals surface area contributed by atoms with Gasteiger partial charge in [0.05, 0.1) is 32.3 Å². The van der Waals surface area contributed by atoms with Gasteiger partial charge in [0.15, 0.2) is 0 Å². The molecule has 1 aromatic carbocycles. The van der Waals surface area contributed by atoms with E-state index in [4.69, 9.17) is 24.5 Å². The van der Waals surface area contributed by atoms with Crippen LogP contribution in [0.5, 0.6) is 0 Å². The van der Waals surface area contributed by atoms with Gasteiger partial charge < -0.3 is 29.6 Å². The standard InChI is InChI=1S/C23H34N4O3.2CH2O2/c1-17-6-4-5-7-19(17)23-20-14-25(16-21(28)26-8-10-30-11-9-26)12-18(20)13-27(23)22(29)15-24(2)3;2*2-1-3/h4-7,18,20,23H,8-16H2,1-3H3;2*1H,(H,2,3)/t18-,20-,23+;;/m1../s1. The first kappa shape index (κ1) is 29.2. The van der Waals surface area contributed by atoms with Crippen molar-refractivity contribution in [3.8, 4) is 0 Å². The van der Waals surface area contributed by atoms with Gasteiger partial charge in [0.25, 0.3) is 12.9 Å². The topological polar surface area (TPSA) is 131 Å². The molecule has 2 N–H and O–H groups in total. The molecule has 3 aliphatic rings. The molecule has 3 atom stereocenters. The van der Waals surface area contributed by atoms with E-state index in [1.807, 2.05) is 23.9 Å². The minimum absolute atomic E-state index is 0.0899. The van der Waals surface area contributed by atoms with Gasteiger partial charge in [-0.2, -0.15) is 0 Å². The summed E-state index contributed by atoms with van der Waals surface area (Å²) < 4.78 is 5.37. The first-order valence-corrected chi connectivity index (χ1v) is 12.0. The molecular weight excluding hydrogens is 468 g/mol. The molecule has 3 aliphatic heterocycles. The van der Waals surface area contributed by atoms with E-state index < -0.39 is 0 Å². The number of nitrogens with zero attached hydrogens (tertiary/aromatic N) is 4. The first-order chi connectivity index (χ1) is 17.3. The molecule has 36 heavy (non-hydrogen) atoms. The average molecular weight is 507 g/mol. The highest BCUT2D eigenvalue weighted by atomic mass is 16.5. The number of fused-ring (bicyclic) bond motifs is 1. The van der Waals surface area contributed by atoms with Crippen LogP contribution < -0.4 is 0 Å². The Morgan fingerprint density at radius 3 is 2.22 bits per heavy atom. The van der Waals surface area contributed by atoms with E-state index in [1.54, 1.807) is 0 Å². The molecule has 0 bridgehead atoms. The van der Waals surface area contributed by atoms with Gasteiger partial charge >= 0.3 is 0 Å². The number of likely N-dealkylation sites (N-methyl/N-ethyl adjacent to an activating group) is 1. The van der Waals surface area contributed by atoms with E-state index in [9.17, 15) is 9.59 Å². The zero-order valence-corrected chi connectivity index (χ0v) is 21.3. The Hall–Kier alpha value is -3.02. The van der Waals surface area contributed by atoms with Crippen molar-refractivity contribution in [2.75, 3.05) is 73.1 Å². The number of benzene rings is 1. The van der Waals surface area contributed by atoms with E-state index >= 15 is 0 Å². The SMILES string of the molecule is Cc1ccccc1[C@H]1[C@@H]2CN(CC(=O)N3CCOCC3)C[C@@H]2CN1C(=O)CN(C)C.O=CO.O=CO. The quantitative estimate of drug-likeness (QED) is 0.540. The third-order valence-electron chi connectivity index (χ3n) is 6.74. The number of amides is 2. The molecule has 0 unspecified atom stereocenters. The molecular formula is C25H38N4O7. The molecule has 3 saturated heterocycles. The van der Waals surface area contributed by atoms with Crippen LogP contribution in [0.4, 0.5) is 0 Å². The van der Waals surface area contributed by atoms with Gasteiger partial charge in [-0.15, -0.1) is 0 Å². The summed E-state index contributed by atoms with van der Waals surface area (Å²) in [6.45, 7) is 7.71. The summed E-state index contributed by atoms with van der Waals surface area (Å²) >= 11 is 0. The third-order valence-corrected chi connectivity index (χ3v) is 6.74. The van der Waals surface area contributed by atoms with Crippen molar-refractivity contribution < 1.29 is 34.1 Å². The summed E-state index contributed by atoms with van der Waals surface area (Å²) in [4.78, 5) is 50.8. The smallest absolute Gasteiger partial charge is 0.290 e.